The lowest BCUT2D eigenvalue weighted by Crippen LogP contribution is -2.53. The molecule has 1 aromatic rings. The average molecular weight is 302 g/mol. The zero-order valence-corrected chi connectivity index (χ0v) is 13.6. The van der Waals surface area contributed by atoms with E-state index in [0.717, 1.165) is 30.5 Å². The minimum atomic E-state index is 0.712. The first-order valence-electron chi connectivity index (χ1n) is 8.43. The number of hydrogen-bond acceptors (Lipinski definition) is 1. The molecule has 0 radical (unpaired) electrons. The second-order valence-corrected chi connectivity index (χ2v) is 6.80. The minimum Gasteiger partial charge on any atom is -0.362 e. The highest BCUT2D eigenvalue weighted by Gasteiger charge is 2.34. The number of nitrogens with one attached hydrogen (secondary N) is 1. The number of hydrogen-bond donors (Lipinski definition) is 1. The van der Waals surface area contributed by atoms with Crippen LogP contribution in [0.2, 0.25) is 0 Å². The number of piperidine rings is 1. The summed E-state index contributed by atoms with van der Waals surface area (Å²) in [6, 6.07) is 11.4. The third-order valence-electron chi connectivity index (χ3n) is 5.04. The molecule has 2 nitrogen and oxygen atoms in total. The van der Waals surface area contributed by atoms with Gasteiger partial charge in [0.1, 0.15) is 0 Å². The Kier molecular flexibility index (Phi) is 5.13. The van der Waals surface area contributed by atoms with Crippen molar-refractivity contribution >= 4 is 17.3 Å². The van der Waals surface area contributed by atoms with E-state index in [0.29, 0.717) is 6.04 Å². The molecule has 21 heavy (non-hydrogen) atoms. The SMILES string of the molecule is S=C(NCCc1ccccc1)N1CCC[C@@H]2CCCC[C@H]21. The number of fused-ring (bicyclic) bond motifs is 1. The second-order valence-electron chi connectivity index (χ2n) is 6.42. The van der Waals surface area contributed by atoms with E-state index < -0.39 is 0 Å². The first kappa shape index (κ1) is 14.8. The third kappa shape index (κ3) is 3.76. The fourth-order valence-electron chi connectivity index (χ4n) is 3.94. The lowest BCUT2D eigenvalue weighted by Gasteiger charge is -2.45. The maximum absolute atomic E-state index is 5.67. The molecular formula is C18H26N2S. The van der Waals surface area contributed by atoms with Crippen molar-refractivity contribution in [3.8, 4) is 0 Å². The Morgan fingerprint density at radius 2 is 1.86 bits per heavy atom. The number of rotatable bonds is 3. The lowest BCUT2D eigenvalue weighted by atomic mass is 9.78. The molecule has 1 N–H and O–H groups in total. The summed E-state index contributed by atoms with van der Waals surface area (Å²) in [6.45, 7) is 2.09. The topological polar surface area (TPSA) is 15.3 Å². The largest absolute Gasteiger partial charge is 0.362 e. The zero-order chi connectivity index (χ0) is 14.5. The summed E-state index contributed by atoms with van der Waals surface area (Å²) in [6.07, 6.45) is 9.31. The summed E-state index contributed by atoms with van der Waals surface area (Å²) in [4.78, 5) is 2.49. The summed E-state index contributed by atoms with van der Waals surface area (Å²) in [5.74, 6) is 0.890. The Morgan fingerprint density at radius 1 is 1.10 bits per heavy atom. The van der Waals surface area contributed by atoms with Gasteiger partial charge in [0.15, 0.2) is 5.11 Å². The van der Waals surface area contributed by atoms with E-state index in [1.807, 2.05) is 0 Å². The molecule has 1 saturated heterocycles. The van der Waals surface area contributed by atoms with Crippen molar-refractivity contribution in [1.82, 2.24) is 10.2 Å². The zero-order valence-electron chi connectivity index (χ0n) is 12.8. The smallest absolute Gasteiger partial charge is 0.169 e. The Morgan fingerprint density at radius 3 is 2.71 bits per heavy atom. The average Bonchev–Trinajstić information content (AvgIpc) is 2.55. The predicted octanol–water partition coefficient (Wildman–Crippen LogP) is 3.76. The first-order valence-corrected chi connectivity index (χ1v) is 8.84. The van der Waals surface area contributed by atoms with Crippen molar-refractivity contribution in [3.63, 3.8) is 0 Å². The molecule has 2 aliphatic rings. The van der Waals surface area contributed by atoms with E-state index in [2.05, 4.69) is 40.5 Å². The molecule has 0 amide bonds. The van der Waals surface area contributed by atoms with Gasteiger partial charge in [-0.05, 0) is 55.8 Å². The van der Waals surface area contributed by atoms with Crippen LogP contribution in [-0.4, -0.2) is 29.1 Å². The van der Waals surface area contributed by atoms with Gasteiger partial charge in [0.2, 0.25) is 0 Å². The maximum atomic E-state index is 5.67. The van der Waals surface area contributed by atoms with Crippen LogP contribution in [0.5, 0.6) is 0 Å². The molecule has 1 heterocycles. The standard InChI is InChI=1S/C18H26N2S/c21-18(19-13-12-15-7-2-1-3-8-15)20-14-6-10-16-9-4-5-11-17(16)20/h1-3,7-8,16-17H,4-6,9-14H2,(H,19,21)/t16-,17+/m0/s1. The van der Waals surface area contributed by atoms with E-state index in [9.17, 15) is 0 Å². The first-order chi connectivity index (χ1) is 10.3. The highest BCUT2D eigenvalue weighted by molar-refractivity contribution is 7.80. The van der Waals surface area contributed by atoms with Gasteiger partial charge >= 0.3 is 0 Å². The molecule has 1 aromatic carbocycles. The van der Waals surface area contributed by atoms with Crippen LogP contribution in [0.15, 0.2) is 30.3 Å². The van der Waals surface area contributed by atoms with Gasteiger partial charge in [-0.25, -0.2) is 0 Å². The van der Waals surface area contributed by atoms with Crippen molar-refractivity contribution in [2.45, 2.75) is 51.0 Å². The summed E-state index contributed by atoms with van der Waals surface area (Å²) in [5, 5.41) is 4.48. The molecule has 1 aliphatic carbocycles. The lowest BCUT2D eigenvalue weighted by molar-refractivity contribution is 0.118. The highest BCUT2D eigenvalue weighted by Crippen LogP contribution is 2.35. The van der Waals surface area contributed by atoms with Crippen LogP contribution in [0.25, 0.3) is 0 Å². The molecule has 2 atom stereocenters. The predicted molar refractivity (Wildman–Crippen MR) is 92.4 cm³/mol. The van der Waals surface area contributed by atoms with Gasteiger partial charge in [0, 0.05) is 19.1 Å². The van der Waals surface area contributed by atoms with Crippen LogP contribution in [0.1, 0.15) is 44.1 Å². The quantitative estimate of drug-likeness (QED) is 0.856. The Hall–Kier alpha value is -1.09. The molecule has 2 fully saturated rings. The molecule has 0 spiro atoms. The van der Waals surface area contributed by atoms with Gasteiger partial charge in [0.05, 0.1) is 0 Å². The van der Waals surface area contributed by atoms with Crippen molar-refractivity contribution < 1.29 is 0 Å². The molecule has 0 unspecified atom stereocenters. The second kappa shape index (κ2) is 7.26. The third-order valence-corrected chi connectivity index (χ3v) is 5.42. The van der Waals surface area contributed by atoms with Crippen LogP contribution < -0.4 is 5.32 Å². The van der Waals surface area contributed by atoms with Crippen LogP contribution in [-0.2, 0) is 6.42 Å². The van der Waals surface area contributed by atoms with Crippen molar-refractivity contribution in [3.05, 3.63) is 35.9 Å². The fraction of sp³-hybridized carbons (Fsp3) is 0.611. The Bertz CT molecular complexity index is 458. The van der Waals surface area contributed by atoms with Crippen LogP contribution in [0.4, 0.5) is 0 Å². The number of benzene rings is 1. The summed E-state index contributed by atoms with van der Waals surface area (Å²) < 4.78 is 0. The van der Waals surface area contributed by atoms with E-state index in [4.69, 9.17) is 12.2 Å². The molecule has 3 rings (SSSR count). The highest BCUT2D eigenvalue weighted by atomic mass is 32.1. The Labute approximate surface area is 133 Å². The van der Waals surface area contributed by atoms with E-state index >= 15 is 0 Å². The van der Waals surface area contributed by atoms with Crippen LogP contribution in [0.3, 0.4) is 0 Å². The molecule has 0 aromatic heterocycles. The molecule has 1 saturated carbocycles. The molecule has 3 heteroatoms. The van der Waals surface area contributed by atoms with Gasteiger partial charge in [0.25, 0.3) is 0 Å². The van der Waals surface area contributed by atoms with E-state index in [1.165, 1.54) is 44.1 Å². The minimum absolute atomic E-state index is 0.712. The van der Waals surface area contributed by atoms with Gasteiger partial charge < -0.3 is 10.2 Å². The number of likely N-dealkylation sites (tertiary alicyclic amines) is 1. The summed E-state index contributed by atoms with van der Waals surface area (Å²) >= 11 is 5.67. The molecule has 1 aliphatic heterocycles. The van der Waals surface area contributed by atoms with Gasteiger partial charge in [-0.2, -0.15) is 0 Å². The van der Waals surface area contributed by atoms with Gasteiger partial charge in [-0.3, -0.25) is 0 Å². The number of thiocarbonyl (C=S) groups is 1. The fourth-order valence-corrected chi connectivity index (χ4v) is 4.27. The molecule has 114 valence electrons. The summed E-state index contributed by atoms with van der Waals surface area (Å²) in [7, 11) is 0. The molecule has 0 bridgehead atoms. The van der Waals surface area contributed by atoms with Crippen molar-refractivity contribution in [2.75, 3.05) is 13.1 Å². The van der Waals surface area contributed by atoms with Crippen molar-refractivity contribution in [2.24, 2.45) is 5.92 Å². The van der Waals surface area contributed by atoms with Gasteiger partial charge in [-0.1, -0.05) is 43.2 Å². The van der Waals surface area contributed by atoms with E-state index in [1.54, 1.807) is 0 Å². The van der Waals surface area contributed by atoms with Crippen LogP contribution in [0, 0.1) is 5.92 Å². The van der Waals surface area contributed by atoms with Crippen molar-refractivity contribution in [1.29, 1.82) is 0 Å². The molecular weight excluding hydrogens is 276 g/mol. The van der Waals surface area contributed by atoms with Crippen LogP contribution >= 0.6 is 12.2 Å². The monoisotopic (exact) mass is 302 g/mol. The Balaban J connectivity index is 1.50. The normalized spacial score (nSPS) is 25.2. The maximum Gasteiger partial charge on any atom is 0.169 e. The van der Waals surface area contributed by atoms with Gasteiger partial charge in [-0.15, -0.1) is 0 Å². The number of nitrogens with zero attached hydrogens (tertiary/aromatic N) is 1. The van der Waals surface area contributed by atoms with E-state index in [-0.39, 0.29) is 0 Å². The summed E-state index contributed by atoms with van der Waals surface area (Å²) in [5.41, 5.74) is 1.38.